The second kappa shape index (κ2) is 10.6. The number of rotatable bonds is 8. The Morgan fingerprint density at radius 2 is 1.77 bits per heavy atom. The molecule has 0 aromatic heterocycles. The number of allylic oxidation sites excluding steroid dienone is 1. The van der Waals surface area contributed by atoms with E-state index in [1.807, 2.05) is 0 Å². The van der Waals surface area contributed by atoms with E-state index >= 15 is 0 Å². The lowest BCUT2D eigenvalue weighted by atomic mass is 9.99. The van der Waals surface area contributed by atoms with Crippen molar-refractivity contribution in [1.29, 1.82) is 0 Å². The van der Waals surface area contributed by atoms with Crippen molar-refractivity contribution in [2.75, 3.05) is 60.7 Å². The predicted octanol–water partition coefficient (Wildman–Crippen LogP) is 0.403. The fourth-order valence-corrected chi connectivity index (χ4v) is 4.73. The van der Waals surface area contributed by atoms with Crippen LogP contribution in [0.1, 0.15) is 27.0 Å². The summed E-state index contributed by atoms with van der Waals surface area (Å²) in [7, 11) is 4.58. The smallest absolute Gasteiger partial charge is 0.232 e. The molecule has 2 heterocycles. The maximum absolute atomic E-state index is 13.3. The van der Waals surface area contributed by atoms with Crippen LogP contribution >= 0.6 is 0 Å². The van der Waals surface area contributed by atoms with Crippen molar-refractivity contribution in [3.05, 3.63) is 46.2 Å². The van der Waals surface area contributed by atoms with Gasteiger partial charge in [-0.15, -0.1) is 0 Å². The lowest BCUT2D eigenvalue weighted by Crippen LogP contribution is -3.13. The summed E-state index contributed by atoms with van der Waals surface area (Å²) >= 11 is 0. The number of β-amino-alcohol motifs (C(OH)–C–C–N with tert-alkyl or cyclic N) is 1. The van der Waals surface area contributed by atoms with Gasteiger partial charge in [0.1, 0.15) is 12.3 Å². The van der Waals surface area contributed by atoms with Crippen LogP contribution in [-0.2, 0) is 6.54 Å². The number of benzene rings is 2. The van der Waals surface area contributed by atoms with Crippen LogP contribution in [0.5, 0.6) is 28.7 Å². The minimum atomic E-state index is -0.254. The molecular formula is C26H32N2O7. The lowest BCUT2D eigenvalue weighted by Gasteiger charge is -2.32. The molecule has 0 bridgehead atoms. The Hall–Kier alpha value is -3.27. The second-order valence-electron chi connectivity index (χ2n) is 8.76. The van der Waals surface area contributed by atoms with E-state index in [0.29, 0.717) is 58.3 Å². The molecule has 188 valence electrons. The van der Waals surface area contributed by atoms with Crippen molar-refractivity contribution in [3.63, 3.8) is 0 Å². The van der Waals surface area contributed by atoms with Gasteiger partial charge in [0, 0.05) is 25.2 Å². The van der Waals surface area contributed by atoms with Gasteiger partial charge in [0.25, 0.3) is 0 Å². The number of methoxy groups -OCH3 is 3. The topological polar surface area (TPSA) is 105 Å². The number of ketones is 1. The summed E-state index contributed by atoms with van der Waals surface area (Å²) in [5, 5.41) is 22.1. The quantitative estimate of drug-likeness (QED) is 0.519. The average molecular weight is 485 g/mol. The number of quaternary nitrogens is 1. The van der Waals surface area contributed by atoms with Crippen LogP contribution in [0.25, 0.3) is 6.08 Å². The monoisotopic (exact) mass is 484 g/mol. The third-order valence-corrected chi connectivity index (χ3v) is 6.59. The first kappa shape index (κ1) is 24.8. The highest BCUT2D eigenvalue weighted by Gasteiger charge is 2.33. The molecule has 0 amide bonds. The molecule has 0 atom stereocenters. The highest BCUT2D eigenvalue weighted by Crippen LogP contribution is 2.42. The van der Waals surface area contributed by atoms with Crippen LogP contribution in [0.2, 0.25) is 0 Å². The molecule has 0 saturated carbocycles. The number of fused-ring (bicyclic) bond motifs is 1. The molecule has 4 rings (SSSR count). The predicted molar refractivity (Wildman–Crippen MR) is 128 cm³/mol. The first-order chi connectivity index (χ1) is 16.9. The molecule has 2 N–H and O–H groups in total. The van der Waals surface area contributed by atoms with Crippen LogP contribution in [0.4, 0.5) is 0 Å². The number of aliphatic hydroxyl groups excluding tert-OH is 1. The molecule has 9 nitrogen and oxygen atoms in total. The normalized spacial score (nSPS) is 17.4. The number of carbonyl (C=O) groups is 1. The molecule has 0 spiro atoms. The number of Topliss-reactive ketones (excluding diaryl/α,β-unsaturated/α-hetero) is 1. The van der Waals surface area contributed by atoms with Crippen molar-refractivity contribution in [2.45, 2.75) is 13.5 Å². The SMILES string of the molecule is COc1cc(/C=C2\Oc3c(C[NH+]4CCN(CCO)CC4)c([O-])cc(C)c3C2=O)cc(OC)c1OC. The lowest BCUT2D eigenvalue weighted by molar-refractivity contribution is -0.918. The van der Waals surface area contributed by atoms with Gasteiger partial charge in [-0.25, -0.2) is 0 Å². The number of piperazine rings is 1. The highest BCUT2D eigenvalue weighted by atomic mass is 16.5. The van der Waals surface area contributed by atoms with Gasteiger partial charge in [-0.3, -0.25) is 9.69 Å². The van der Waals surface area contributed by atoms with E-state index in [-0.39, 0.29) is 23.9 Å². The number of aliphatic hydroxyl groups is 1. The Balaban J connectivity index is 1.64. The van der Waals surface area contributed by atoms with E-state index < -0.39 is 0 Å². The van der Waals surface area contributed by atoms with Gasteiger partial charge in [-0.05, 0) is 36.3 Å². The van der Waals surface area contributed by atoms with Crippen molar-refractivity contribution >= 4 is 11.9 Å². The Morgan fingerprint density at radius 3 is 2.34 bits per heavy atom. The fourth-order valence-electron chi connectivity index (χ4n) is 4.73. The van der Waals surface area contributed by atoms with Gasteiger partial charge in [-0.1, -0.05) is 11.8 Å². The minimum Gasteiger partial charge on any atom is -0.872 e. The number of hydrogen-bond acceptors (Lipinski definition) is 8. The summed E-state index contributed by atoms with van der Waals surface area (Å²) in [6, 6.07) is 4.99. The first-order valence-corrected chi connectivity index (χ1v) is 11.6. The van der Waals surface area contributed by atoms with E-state index in [2.05, 4.69) is 4.90 Å². The van der Waals surface area contributed by atoms with Crippen molar-refractivity contribution < 1.29 is 38.9 Å². The standard InChI is InChI=1S/C26H32N2O7/c1-16-11-19(30)18(15-28-7-5-27(6-8-28)9-10-29)25-23(16)24(31)20(35-25)12-17-13-21(32-2)26(34-4)22(14-17)33-3/h11-14,29-30H,5-10,15H2,1-4H3/b20-12-. The fraction of sp³-hybridized carbons (Fsp3) is 0.423. The summed E-state index contributed by atoms with van der Waals surface area (Å²) in [6.07, 6.45) is 1.63. The van der Waals surface area contributed by atoms with Gasteiger partial charge in [-0.2, -0.15) is 0 Å². The van der Waals surface area contributed by atoms with Crippen LogP contribution in [0.15, 0.2) is 24.0 Å². The van der Waals surface area contributed by atoms with Crippen molar-refractivity contribution in [1.82, 2.24) is 4.90 Å². The second-order valence-corrected chi connectivity index (χ2v) is 8.76. The number of ether oxygens (including phenoxy) is 4. The molecule has 2 aromatic rings. The molecule has 0 radical (unpaired) electrons. The Kier molecular flexibility index (Phi) is 7.49. The van der Waals surface area contributed by atoms with Gasteiger partial charge < -0.3 is 34.1 Å². The van der Waals surface area contributed by atoms with Gasteiger partial charge in [0.15, 0.2) is 17.3 Å². The zero-order chi connectivity index (χ0) is 25.1. The van der Waals surface area contributed by atoms with E-state index in [4.69, 9.17) is 24.1 Å². The van der Waals surface area contributed by atoms with Crippen LogP contribution in [0, 0.1) is 6.92 Å². The molecule has 1 saturated heterocycles. The van der Waals surface area contributed by atoms with E-state index in [0.717, 1.165) is 26.2 Å². The Labute approximate surface area is 205 Å². The van der Waals surface area contributed by atoms with Gasteiger partial charge in [0.05, 0.1) is 46.6 Å². The van der Waals surface area contributed by atoms with Gasteiger partial charge >= 0.3 is 0 Å². The van der Waals surface area contributed by atoms with E-state index in [1.54, 1.807) is 25.1 Å². The average Bonchev–Trinajstić information content (AvgIpc) is 3.18. The molecule has 2 aromatic carbocycles. The van der Waals surface area contributed by atoms with Crippen LogP contribution in [0.3, 0.4) is 0 Å². The van der Waals surface area contributed by atoms with E-state index in [1.165, 1.54) is 32.3 Å². The zero-order valence-electron chi connectivity index (χ0n) is 20.6. The summed E-state index contributed by atoms with van der Waals surface area (Å²) < 4.78 is 22.3. The highest BCUT2D eigenvalue weighted by molar-refractivity contribution is 6.15. The molecule has 9 heteroatoms. The third-order valence-electron chi connectivity index (χ3n) is 6.59. The summed E-state index contributed by atoms with van der Waals surface area (Å²) in [5.41, 5.74) is 2.21. The number of carbonyl (C=O) groups excluding carboxylic acids is 1. The maximum atomic E-state index is 13.3. The summed E-state index contributed by atoms with van der Waals surface area (Å²) in [5.74, 6) is 1.52. The number of nitrogens with zero attached hydrogens (tertiary/aromatic N) is 1. The number of nitrogens with one attached hydrogen (secondary N) is 1. The van der Waals surface area contributed by atoms with Crippen molar-refractivity contribution in [2.24, 2.45) is 0 Å². The maximum Gasteiger partial charge on any atom is 0.232 e. The molecule has 2 aliphatic rings. The minimum absolute atomic E-state index is 0.117. The Bertz CT molecular complexity index is 1110. The number of hydrogen-bond donors (Lipinski definition) is 2. The first-order valence-electron chi connectivity index (χ1n) is 11.6. The summed E-state index contributed by atoms with van der Waals surface area (Å²) in [4.78, 5) is 16.8. The molecule has 35 heavy (non-hydrogen) atoms. The van der Waals surface area contributed by atoms with Crippen molar-refractivity contribution in [3.8, 4) is 28.7 Å². The van der Waals surface area contributed by atoms with E-state index in [9.17, 15) is 9.90 Å². The van der Waals surface area contributed by atoms with Gasteiger partial charge in [0.2, 0.25) is 11.5 Å². The molecule has 0 unspecified atom stereocenters. The molecule has 1 fully saturated rings. The molecular weight excluding hydrogens is 452 g/mol. The zero-order valence-corrected chi connectivity index (χ0v) is 20.6. The number of aryl methyl sites for hydroxylation is 1. The third kappa shape index (κ3) is 4.93. The largest absolute Gasteiger partial charge is 0.872 e. The van der Waals surface area contributed by atoms with Crippen LogP contribution < -0.4 is 29.0 Å². The summed E-state index contributed by atoms with van der Waals surface area (Å²) in [6.45, 7) is 6.45. The van der Waals surface area contributed by atoms with Crippen LogP contribution in [-0.4, -0.2) is 76.4 Å². The molecule has 2 aliphatic heterocycles. The molecule has 0 aliphatic carbocycles. The Morgan fingerprint density at radius 1 is 1.11 bits per heavy atom.